The molecule has 1 unspecified atom stereocenters. The molecule has 3 rings (SSSR count). The molecule has 1 saturated heterocycles. The SMILES string of the molecule is CN(C(=O)CN1C(=O)NC(C)(c2ccc(C(C)(C)C)cc2)C1=O)c1ccccc1. The number of nitrogens with zero attached hydrogens (tertiary/aromatic N) is 2. The van der Waals surface area contributed by atoms with Crippen LogP contribution < -0.4 is 10.2 Å². The molecule has 1 heterocycles. The molecule has 1 N–H and O–H groups in total. The first-order valence-corrected chi connectivity index (χ1v) is 9.61. The molecule has 0 radical (unpaired) electrons. The smallest absolute Gasteiger partial charge is 0.319 e. The van der Waals surface area contributed by atoms with Crippen LogP contribution in [0.25, 0.3) is 0 Å². The predicted molar refractivity (Wildman–Crippen MR) is 113 cm³/mol. The van der Waals surface area contributed by atoms with Crippen molar-refractivity contribution in [1.82, 2.24) is 10.2 Å². The third kappa shape index (κ3) is 3.88. The van der Waals surface area contributed by atoms with Crippen LogP contribution in [-0.2, 0) is 20.5 Å². The molecular formula is C23H27N3O3. The topological polar surface area (TPSA) is 69.7 Å². The number of amides is 4. The number of hydrogen-bond donors (Lipinski definition) is 1. The van der Waals surface area contributed by atoms with Gasteiger partial charge in [-0.1, -0.05) is 63.2 Å². The molecule has 0 spiro atoms. The van der Waals surface area contributed by atoms with Crippen LogP contribution in [0.4, 0.5) is 10.5 Å². The molecule has 152 valence electrons. The van der Waals surface area contributed by atoms with E-state index in [-0.39, 0.29) is 17.9 Å². The number of benzene rings is 2. The van der Waals surface area contributed by atoms with E-state index in [9.17, 15) is 14.4 Å². The van der Waals surface area contributed by atoms with Crippen LogP contribution in [0.2, 0.25) is 0 Å². The molecule has 1 atom stereocenters. The highest BCUT2D eigenvalue weighted by Crippen LogP contribution is 2.31. The molecule has 0 saturated carbocycles. The average molecular weight is 393 g/mol. The van der Waals surface area contributed by atoms with Crippen molar-refractivity contribution in [3.63, 3.8) is 0 Å². The molecule has 2 aromatic rings. The van der Waals surface area contributed by atoms with Crippen LogP contribution in [0.15, 0.2) is 54.6 Å². The molecule has 1 fully saturated rings. The Morgan fingerprint density at radius 3 is 2.17 bits per heavy atom. The number of carbonyl (C=O) groups is 3. The van der Waals surface area contributed by atoms with Crippen molar-refractivity contribution >= 4 is 23.5 Å². The van der Waals surface area contributed by atoms with Crippen LogP contribution in [0.5, 0.6) is 0 Å². The quantitative estimate of drug-likeness (QED) is 0.810. The molecule has 1 aliphatic heterocycles. The van der Waals surface area contributed by atoms with Crippen LogP contribution in [-0.4, -0.2) is 36.3 Å². The third-order valence-electron chi connectivity index (χ3n) is 5.41. The molecule has 6 heteroatoms. The molecular weight excluding hydrogens is 366 g/mol. The van der Waals surface area contributed by atoms with Gasteiger partial charge >= 0.3 is 6.03 Å². The van der Waals surface area contributed by atoms with Crippen LogP contribution in [0.3, 0.4) is 0 Å². The van der Waals surface area contributed by atoms with Crippen LogP contribution in [0, 0.1) is 0 Å². The molecule has 1 aliphatic rings. The Hall–Kier alpha value is -3.15. The lowest BCUT2D eigenvalue weighted by atomic mass is 9.84. The second-order valence-electron chi connectivity index (χ2n) is 8.56. The van der Waals surface area contributed by atoms with Gasteiger partial charge in [0.2, 0.25) is 5.91 Å². The minimum atomic E-state index is -1.20. The number of anilines is 1. The van der Waals surface area contributed by atoms with E-state index in [2.05, 4.69) is 26.1 Å². The van der Waals surface area contributed by atoms with Crippen molar-refractivity contribution in [3.05, 3.63) is 65.7 Å². The fourth-order valence-corrected chi connectivity index (χ4v) is 3.38. The summed E-state index contributed by atoms with van der Waals surface area (Å²) in [6.07, 6.45) is 0. The van der Waals surface area contributed by atoms with Gasteiger partial charge in [-0.25, -0.2) is 4.79 Å². The molecule has 0 aliphatic carbocycles. The zero-order valence-corrected chi connectivity index (χ0v) is 17.5. The Morgan fingerprint density at radius 1 is 1.03 bits per heavy atom. The molecule has 2 aromatic carbocycles. The largest absolute Gasteiger partial charge is 0.325 e. The monoisotopic (exact) mass is 393 g/mol. The molecule has 0 aromatic heterocycles. The van der Waals surface area contributed by atoms with E-state index in [0.29, 0.717) is 11.3 Å². The molecule has 0 bridgehead atoms. The Bertz CT molecular complexity index is 932. The van der Waals surface area contributed by atoms with Gasteiger partial charge in [0.25, 0.3) is 5.91 Å². The first-order valence-electron chi connectivity index (χ1n) is 9.61. The number of urea groups is 1. The lowest BCUT2D eigenvalue weighted by Crippen LogP contribution is -2.43. The molecule has 29 heavy (non-hydrogen) atoms. The summed E-state index contributed by atoms with van der Waals surface area (Å²) >= 11 is 0. The van der Waals surface area contributed by atoms with Crippen LogP contribution >= 0.6 is 0 Å². The fraction of sp³-hybridized carbons (Fsp3) is 0.348. The second-order valence-corrected chi connectivity index (χ2v) is 8.56. The number of likely N-dealkylation sites (N-methyl/N-ethyl adjacent to an activating group) is 1. The zero-order chi connectivity index (χ0) is 21.4. The lowest BCUT2D eigenvalue weighted by molar-refractivity contribution is -0.134. The summed E-state index contributed by atoms with van der Waals surface area (Å²) in [4.78, 5) is 40.7. The van der Waals surface area contributed by atoms with E-state index >= 15 is 0 Å². The van der Waals surface area contributed by atoms with Crippen molar-refractivity contribution in [2.75, 3.05) is 18.5 Å². The number of para-hydroxylation sites is 1. The molecule has 6 nitrogen and oxygen atoms in total. The van der Waals surface area contributed by atoms with E-state index in [0.717, 1.165) is 10.5 Å². The Labute approximate surface area is 171 Å². The highest BCUT2D eigenvalue weighted by Gasteiger charge is 2.49. The van der Waals surface area contributed by atoms with Crippen molar-refractivity contribution in [2.24, 2.45) is 0 Å². The first kappa shape index (κ1) is 20.6. The number of imide groups is 1. The minimum absolute atomic E-state index is 0.0111. The lowest BCUT2D eigenvalue weighted by Gasteiger charge is -2.25. The van der Waals surface area contributed by atoms with Crippen molar-refractivity contribution in [3.8, 4) is 0 Å². The summed E-state index contributed by atoms with van der Waals surface area (Å²) in [6.45, 7) is 7.70. The molecule has 4 amide bonds. The highest BCUT2D eigenvalue weighted by molar-refractivity contribution is 6.10. The minimum Gasteiger partial charge on any atom is -0.319 e. The highest BCUT2D eigenvalue weighted by atomic mass is 16.2. The van der Waals surface area contributed by atoms with Crippen molar-refractivity contribution in [2.45, 2.75) is 38.6 Å². The maximum atomic E-state index is 13.1. The fourth-order valence-electron chi connectivity index (χ4n) is 3.38. The van der Waals surface area contributed by atoms with Crippen LogP contribution in [0.1, 0.15) is 38.8 Å². The van der Waals surface area contributed by atoms with E-state index in [1.54, 1.807) is 26.1 Å². The standard InChI is InChI=1S/C23H27N3O3/c1-22(2,3)16-11-13-17(14-12-16)23(4)20(28)26(21(29)24-23)15-19(27)25(5)18-9-7-6-8-10-18/h6-14H,15H2,1-5H3,(H,24,29). The van der Waals surface area contributed by atoms with E-state index in [1.807, 2.05) is 42.5 Å². The van der Waals surface area contributed by atoms with E-state index < -0.39 is 17.5 Å². The summed E-state index contributed by atoms with van der Waals surface area (Å²) in [7, 11) is 1.63. The number of hydrogen-bond acceptors (Lipinski definition) is 3. The van der Waals surface area contributed by atoms with Gasteiger partial charge in [0.05, 0.1) is 0 Å². The first-order chi connectivity index (χ1) is 13.5. The van der Waals surface area contributed by atoms with Gasteiger partial charge in [-0.15, -0.1) is 0 Å². The van der Waals surface area contributed by atoms with Gasteiger partial charge < -0.3 is 10.2 Å². The summed E-state index contributed by atoms with van der Waals surface area (Å²) in [5.74, 6) is -0.771. The summed E-state index contributed by atoms with van der Waals surface area (Å²) in [6, 6.07) is 16.2. The van der Waals surface area contributed by atoms with Gasteiger partial charge in [0.15, 0.2) is 0 Å². The van der Waals surface area contributed by atoms with Gasteiger partial charge in [-0.3, -0.25) is 14.5 Å². The Morgan fingerprint density at radius 2 is 1.62 bits per heavy atom. The summed E-state index contributed by atoms with van der Waals surface area (Å²) in [5, 5.41) is 2.76. The number of rotatable bonds is 4. The number of nitrogens with one attached hydrogen (secondary N) is 1. The maximum absolute atomic E-state index is 13.1. The average Bonchev–Trinajstić information content (AvgIpc) is 2.91. The Kier molecular flexibility index (Phi) is 5.22. The van der Waals surface area contributed by atoms with Crippen molar-refractivity contribution in [1.29, 1.82) is 0 Å². The van der Waals surface area contributed by atoms with Gasteiger partial charge in [0.1, 0.15) is 12.1 Å². The van der Waals surface area contributed by atoms with Crippen molar-refractivity contribution < 1.29 is 14.4 Å². The van der Waals surface area contributed by atoms with Gasteiger partial charge in [-0.05, 0) is 35.6 Å². The second kappa shape index (κ2) is 7.35. The summed E-state index contributed by atoms with van der Waals surface area (Å²) in [5.41, 5.74) is 1.32. The van der Waals surface area contributed by atoms with Gasteiger partial charge in [0, 0.05) is 12.7 Å². The Balaban J connectivity index is 1.79. The van der Waals surface area contributed by atoms with E-state index in [4.69, 9.17) is 0 Å². The third-order valence-corrected chi connectivity index (χ3v) is 5.41. The number of carbonyl (C=O) groups excluding carboxylic acids is 3. The van der Waals surface area contributed by atoms with E-state index in [1.165, 1.54) is 4.90 Å². The maximum Gasteiger partial charge on any atom is 0.325 e. The predicted octanol–water partition coefficient (Wildman–Crippen LogP) is 3.41. The van der Waals surface area contributed by atoms with Gasteiger partial charge in [-0.2, -0.15) is 0 Å². The normalized spacial score (nSPS) is 19.3. The zero-order valence-electron chi connectivity index (χ0n) is 17.5. The summed E-state index contributed by atoms with van der Waals surface area (Å²) < 4.78 is 0.